The van der Waals surface area contributed by atoms with Gasteiger partial charge in [-0.25, -0.2) is 9.97 Å². The third-order valence-electron chi connectivity index (χ3n) is 4.83. The molecular weight excluding hydrogens is 399 g/mol. The molecule has 0 radical (unpaired) electrons. The Morgan fingerprint density at radius 2 is 1.83 bits per heavy atom. The molecule has 0 N–H and O–H groups in total. The van der Waals surface area contributed by atoms with Crippen molar-refractivity contribution in [2.24, 2.45) is 0 Å². The van der Waals surface area contributed by atoms with E-state index in [4.69, 9.17) is 0 Å². The van der Waals surface area contributed by atoms with Gasteiger partial charge in [-0.3, -0.25) is 4.79 Å². The van der Waals surface area contributed by atoms with Gasteiger partial charge >= 0.3 is 6.18 Å². The molecule has 0 spiro atoms. The molecule has 8 heteroatoms. The number of hydrogen-bond acceptors (Lipinski definition) is 4. The predicted octanol–water partition coefficient (Wildman–Crippen LogP) is 5.11. The van der Waals surface area contributed by atoms with Crippen molar-refractivity contribution in [1.82, 2.24) is 9.97 Å². The number of fused-ring (bicyclic) bond motifs is 2. The normalized spacial score (nSPS) is 15.2. The number of halogens is 3. The van der Waals surface area contributed by atoms with Crippen molar-refractivity contribution in [2.75, 3.05) is 11.4 Å². The van der Waals surface area contributed by atoms with Gasteiger partial charge in [0.1, 0.15) is 5.03 Å². The SMILES string of the molecule is C[C@@H](Sc1nc(C(F)(F)F)nc2ccccc12)C(=O)N1CCCc2ccccc21. The van der Waals surface area contributed by atoms with Crippen molar-refractivity contribution in [1.29, 1.82) is 0 Å². The van der Waals surface area contributed by atoms with E-state index in [-0.39, 0.29) is 16.4 Å². The molecule has 2 heterocycles. The van der Waals surface area contributed by atoms with E-state index in [1.165, 1.54) is 6.07 Å². The molecular formula is C21H18F3N3OS. The highest BCUT2D eigenvalue weighted by molar-refractivity contribution is 8.00. The van der Waals surface area contributed by atoms with Crippen molar-refractivity contribution in [3.8, 4) is 0 Å². The van der Waals surface area contributed by atoms with Gasteiger partial charge in [0.2, 0.25) is 11.7 Å². The number of hydrogen-bond donors (Lipinski definition) is 0. The summed E-state index contributed by atoms with van der Waals surface area (Å²) in [6, 6.07) is 14.3. The summed E-state index contributed by atoms with van der Waals surface area (Å²) in [5.74, 6) is -1.33. The lowest BCUT2D eigenvalue weighted by Crippen LogP contribution is -2.40. The fourth-order valence-electron chi connectivity index (χ4n) is 3.46. The maximum absolute atomic E-state index is 13.2. The van der Waals surface area contributed by atoms with Crippen LogP contribution in [0.25, 0.3) is 10.9 Å². The third kappa shape index (κ3) is 3.94. The van der Waals surface area contributed by atoms with Crippen LogP contribution in [0.15, 0.2) is 53.6 Å². The zero-order chi connectivity index (χ0) is 20.6. The highest BCUT2D eigenvalue weighted by Gasteiger charge is 2.36. The molecule has 29 heavy (non-hydrogen) atoms. The molecule has 0 saturated heterocycles. The molecule has 1 aromatic heterocycles. The van der Waals surface area contributed by atoms with Gasteiger partial charge in [-0.1, -0.05) is 48.2 Å². The average Bonchev–Trinajstić information content (AvgIpc) is 2.72. The molecule has 0 fully saturated rings. The molecule has 4 nitrogen and oxygen atoms in total. The average molecular weight is 417 g/mol. The highest BCUT2D eigenvalue weighted by atomic mass is 32.2. The van der Waals surface area contributed by atoms with Gasteiger partial charge in [-0.05, 0) is 37.5 Å². The second kappa shape index (κ2) is 7.67. The maximum Gasteiger partial charge on any atom is 0.451 e. The maximum atomic E-state index is 13.2. The van der Waals surface area contributed by atoms with Crippen molar-refractivity contribution in [3.05, 3.63) is 59.9 Å². The predicted molar refractivity (Wildman–Crippen MR) is 107 cm³/mol. The van der Waals surface area contributed by atoms with Crippen LogP contribution in [0.3, 0.4) is 0 Å². The van der Waals surface area contributed by atoms with Gasteiger partial charge in [0.05, 0.1) is 10.8 Å². The van der Waals surface area contributed by atoms with Gasteiger partial charge in [-0.2, -0.15) is 13.2 Å². The smallest absolute Gasteiger partial charge is 0.311 e. The zero-order valence-corrected chi connectivity index (χ0v) is 16.4. The topological polar surface area (TPSA) is 46.1 Å². The number of anilines is 1. The largest absolute Gasteiger partial charge is 0.451 e. The molecule has 0 aliphatic carbocycles. The van der Waals surface area contributed by atoms with Crippen LogP contribution in [-0.2, 0) is 17.4 Å². The minimum atomic E-state index is -4.65. The van der Waals surface area contributed by atoms with Crippen molar-refractivity contribution in [2.45, 2.75) is 36.2 Å². The Bertz CT molecular complexity index is 1070. The fraction of sp³-hybridized carbons (Fsp3) is 0.286. The summed E-state index contributed by atoms with van der Waals surface area (Å²) in [5, 5.41) is 0.0683. The Hall–Kier alpha value is -2.61. The molecule has 2 aromatic carbocycles. The number of rotatable bonds is 3. The van der Waals surface area contributed by atoms with Crippen LogP contribution in [0, 0.1) is 0 Å². The van der Waals surface area contributed by atoms with Gasteiger partial charge in [-0.15, -0.1) is 0 Å². The lowest BCUT2D eigenvalue weighted by Gasteiger charge is -2.31. The van der Waals surface area contributed by atoms with Crippen molar-refractivity contribution in [3.63, 3.8) is 0 Å². The summed E-state index contributed by atoms with van der Waals surface area (Å²) in [4.78, 5) is 22.2. The van der Waals surface area contributed by atoms with Crippen LogP contribution in [0.1, 0.15) is 24.7 Å². The Kier molecular flexibility index (Phi) is 5.21. The van der Waals surface area contributed by atoms with E-state index in [1.807, 2.05) is 24.3 Å². The number of alkyl halides is 3. The summed E-state index contributed by atoms with van der Waals surface area (Å²) in [6.07, 6.45) is -2.89. The lowest BCUT2D eigenvalue weighted by molar-refractivity contribution is -0.145. The van der Waals surface area contributed by atoms with E-state index in [0.717, 1.165) is 35.9 Å². The van der Waals surface area contributed by atoms with E-state index >= 15 is 0 Å². The lowest BCUT2D eigenvalue weighted by atomic mass is 10.0. The molecule has 1 atom stereocenters. The van der Waals surface area contributed by atoms with E-state index in [0.29, 0.717) is 11.9 Å². The molecule has 150 valence electrons. The summed E-state index contributed by atoms with van der Waals surface area (Å²) >= 11 is 1.04. The van der Waals surface area contributed by atoms with Crippen LogP contribution in [0.4, 0.5) is 18.9 Å². The van der Waals surface area contributed by atoms with Crippen LogP contribution in [0.2, 0.25) is 0 Å². The van der Waals surface area contributed by atoms with Crippen LogP contribution >= 0.6 is 11.8 Å². The van der Waals surface area contributed by atoms with Crippen LogP contribution in [-0.4, -0.2) is 27.7 Å². The number of benzene rings is 2. The molecule has 1 amide bonds. The van der Waals surface area contributed by atoms with E-state index in [1.54, 1.807) is 30.0 Å². The molecule has 0 bridgehead atoms. The Morgan fingerprint density at radius 1 is 1.10 bits per heavy atom. The molecule has 4 rings (SSSR count). The van der Waals surface area contributed by atoms with Crippen molar-refractivity contribution >= 4 is 34.3 Å². The number of amides is 1. The summed E-state index contributed by atoms with van der Waals surface area (Å²) < 4.78 is 39.7. The highest BCUT2D eigenvalue weighted by Crippen LogP contribution is 2.35. The fourth-order valence-corrected chi connectivity index (χ4v) is 4.47. The third-order valence-corrected chi connectivity index (χ3v) is 5.92. The first-order chi connectivity index (χ1) is 13.8. The van der Waals surface area contributed by atoms with Gasteiger partial charge < -0.3 is 4.90 Å². The molecule has 1 aliphatic heterocycles. The first kappa shape index (κ1) is 19.7. The summed E-state index contributed by atoms with van der Waals surface area (Å²) in [6.45, 7) is 2.30. The summed E-state index contributed by atoms with van der Waals surface area (Å²) in [7, 11) is 0. The van der Waals surface area contributed by atoms with E-state index in [9.17, 15) is 18.0 Å². The monoisotopic (exact) mass is 417 g/mol. The minimum absolute atomic E-state index is 0.140. The Morgan fingerprint density at radius 3 is 2.62 bits per heavy atom. The number of aryl methyl sites for hydroxylation is 1. The van der Waals surface area contributed by atoms with Gasteiger partial charge in [0, 0.05) is 17.6 Å². The molecule has 3 aromatic rings. The zero-order valence-electron chi connectivity index (χ0n) is 15.6. The summed E-state index contributed by atoms with van der Waals surface area (Å²) in [5.41, 5.74) is 2.19. The van der Waals surface area contributed by atoms with E-state index in [2.05, 4.69) is 9.97 Å². The number of aromatic nitrogens is 2. The number of nitrogens with zero attached hydrogens (tertiary/aromatic N) is 3. The minimum Gasteiger partial charge on any atom is -0.311 e. The van der Waals surface area contributed by atoms with Crippen LogP contribution < -0.4 is 4.90 Å². The Balaban J connectivity index is 1.66. The van der Waals surface area contributed by atoms with Crippen LogP contribution in [0.5, 0.6) is 0 Å². The van der Waals surface area contributed by atoms with E-state index < -0.39 is 17.3 Å². The molecule has 1 aliphatic rings. The Labute approximate surface area is 170 Å². The first-order valence-corrected chi connectivity index (χ1v) is 10.1. The second-order valence-electron chi connectivity index (χ2n) is 6.85. The molecule has 0 unspecified atom stereocenters. The number of para-hydroxylation sites is 2. The number of carbonyl (C=O) groups excluding carboxylic acids is 1. The van der Waals surface area contributed by atoms with Gasteiger partial charge in [0.25, 0.3) is 0 Å². The second-order valence-corrected chi connectivity index (χ2v) is 8.18. The first-order valence-electron chi connectivity index (χ1n) is 9.24. The van der Waals surface area contributed by atoms with Gasteiger partial charge in [0.15, 0.2) is 0 Å². The number of carbonyl (C=O) groups is 1. The molecule has 0 saturated carbocycles. The quantitative estimate of drug-likeness (QED) is 0.439. The number of thioether (sulfide) groups is 1. The standard InChI is InChI=1S/C21H18F3N3OS/c1-13(19(28)27-12-6-8-14-7-2-5-11-17(14)27)29-18-15-9-3-4-10-16(15)25-20(26-18)21(22,23)24/h2-5,7,9-11,13H,6,8,12H2,1H3/t13-/m1/s1. The van der Waals surface area contributed by atoms with Crippen molar-refractivity contribution < 1.29 is 18.0 Å².